The Morgan fingerprint density at radius 3 is 2.88 bits per heavy atom. The minimum absolute atomic E-state index is 0.344. The largest absolute Gasteiger partial charge is 0.464 e. The maximum atomic E-state index is 12.1. The second kappa shape index (κ2) is 4.47. The fourth-order valence-electron chi connectivity index (χ4n) is 3.81. The quantitative estimate of drug-likeness (QED) is 0.446. The summed E-state index contributed by atoms with van der Waals surface area (Å²) in [6.45, 7) is 0.812. The van der Waals surface area contributed by atoms with Crippen LogP contribution in [0.15, 0.2) is 42.6 Å². The maximum Gasteiger partial charge on any atom is 0.356 e. The van der Waals surface area contributed by atoms with Gasteiger partial charge >= 0.3 is 5.97 Å². The molecule has 3 aromatic heterocycles. The van der Waals surface area contributed by atoms with Crippen LogP contribution in [0.3, 0.4) is 0 Å². The molecule has 0 saturated heterocycles. The van der Waals surface area contributed by atoms with Gasteiger partial charge in [0.1, 0.15) is 11.4 Å². The molecule has 5 rings (SSSR count). The number of carbonyl (C=O) groups is 1. The summed E-state index contributed by atoms with van der Waals surface area (Å²) in [5.74, 6) is -0.411. The molecule has 1 aromatic carbocycles. The molecule has 5 nitrogen and oxygen atoms in total. The van der Waals surface area contributed by atoms with Crippen molar-refractivity contribution in [2.75, 3.05) is 7.11 Å². The Kier molecular flexibility index (Phi) is 2.49. The zero-order valence-electron chi connectivity index (χ0n) is 13.4. The number of hydrogen-bond acceptors (Lipinski definition) is 3. The first-order valence-electron chi connectivity index (χ1n) is 7.84. The number of methoxy groups -OCH3 is 1. The SMILES string of the molecule is COC(=O)c1cc2c3ccccc3n3c2c(n1)-c1c(ccn1C)C3. The highest BCUT2D eigenvalue weighted by Gasteiger charge is 2.27. The number of esters is 1. The molecule has 0 aliphatic carbocycles. The molecule has 0 saturated carbocycles. The van der Waals surface area contributed by atoms with Gasteiger partial charge in [0.15, 0.2) is 0 Å². The predicted octanol–water partition coefficient (Wildman–Crippen LogP) is 3.34. The highest BCUT2D eigenvalue weighted by molar-refractivity contribution is 6.14. The van der Waals surface area contributed by atoms with E-state index in [2.05, 4.69) is 32.3 Å². The second-order valence-electron chi connectivity index (χ2n) is 6.15. The first-order valence-corrected chi connectivity index (χ1v) is 7.84. The molecular weight excluding hydrogens is 302 g/mol. The van der Waals surface area contributed by atoms with Crippen molar-refractivity contribution < 1.29 is 9.53 Å². The number of fused-ring (bicyclic) bond motifs is 5. The van der Waals surface area contributed by atoms with Gasteiger partial charge in [-0.2, -0.15) is 0 Å². The van der Waals surface area contributed by atoms with Crippen molar-refractivity contribution in [1.29, 1.82) is 0 Å². The number of rotatable bonds is 1. The van der Waals surface area contributed by atoms with E-state index in [1.54, 1.807) is 0 Å². The molecule has 0 bridgehead atoms. The Balaban J connectivity index is 2.01. The Morgan fingerprint density at radius 1 is 1.21 bits per heavy atom. The first-order chi connectivity index (χ1) is 11.7. The lowest BCUT2D eigenvalue weighted by molar-refractivity contribution is 0.0594. The normalized spacial score (nSPS) is 12.6. The number of ether oxygens (including phenoxy) is 1. The van der Waals surface area contributed by atoms with E-state index in [0.717, 1.165) is 39.7 Å². The van der Waals surface area contributed by atoms with Crippen LogP contribution in [0.2, 0.25) is 0 Å². The molecular formula is C19H15N3O2. The molecule has 1 aliphatic rings. The van der Waals surface area contributed by atoms with Gasteiger partial charge in [-0.25, -0.2) is 9.78 Å². The minimum atomic E-state index is -0.411. The van der Waals surface area contributed by atoms with Crippen molar-refractivity contribution in [3.8, 4) is 11.4 Å². The molecule has 0 spiro atoms. The van der Waals surface area contributed by atoms with Crippen molar-refractivity contribution in [3.63, 3.8) is 0 Å². The van der Waals surface area contributed by atoms with Gasteiger partial charge in [0.2, 0.25) is 0 Å². The molecule has 0 radical (unpaired) electrons. The minimum Gasteiger partial charge on any atom is -0.464 e. The standard InChI is InChI=1S/C19H15N3O2/c1-21-8-7-11-10-22-15-6-4-3-5-12(15)13-9-14(19(23)24-2)20-16(17(11)21)18(13)22/h3-9H,10H2,1-2H3. The van der Waals surface area contributed by atoms with E-state index < -0.39 is 5.97 Å². The number of nitrogens with zero attached hydrogens (tertiary/aromatic N) is 3. The molecule has 118 valence electrons. The van der Waals surface area contributed by atoms with Gasteiger partial charge in [0, 0.05) is 29.5 Å². The van der Waals surface area contributed by atoms with E-state index in [-0.39, 0.29) is 0 Å². The zero-order valence-corrected chi connectivity index (χ0v) is 13.4. The van der Waals surface area contributed by atoms with Gasteiger partial charge in [-0.15, -0.1) is 0 Å². The van der Waals surface area contributed by atoms with E-state index in [4.69, 9.17) is 4.74 Å². The number of aromatic nitrogens is 3. The van der Waals surface area contributed by atoms with Crippen LogP contribution >= 0.6 is 0 Å². The average Bonchev–Trinajstić information content (AvgIpc) is 3.15. The third kappa shape index (κ3) is 1.53. The van der Waals surface area contributed by atoms with Crippen LogP contribution in [-0.2, 0) is 18.3 Å². The van der Waals surface area contributed by atoms with Crippen LogP contribution in [0.1, 0.15) is 16.1 Å². The number of pyridine rings is 1. The number of benzene rings is 1. The Hall–Kier alpha value is -3.08. The molecule has 0 N–H and O–H groups in total. The molecule has 1 aliphatic heterocycles. The van der Waals surface area contributed by atoms with Crippen molar-refractivity contribution in [1.82, 2.24) is 14.1 Å². The summed E-state index contributed by atoms with van der Waals surface area (Å²) >= 11 is 0. The smallest absolute Gasteiger partial charge is 0.356 e. The molecule has 0 amide bonds. The number of carbonyl (C=O) groups excluding carboxylic acids is 1. The van der Waals surface area contributed by atoms with Crippen molar-refractivity contribution in [2.45, 2.75) is 6.54 Å². The van der Waals surface area contributed by atoms with Crippen LogP contribution in [0, 0.1) is 0 Å². The van der Waals surface area contributed by atoms with Gasteiger partial charge in [-0.3, -0.25) is 0 Å². The first kappa shape index (κ1) is 13.4. The highest BCUT2D eigenvalue weighted by Crippen LogP contribution is 2.40. The summed E-state index contributed by atoms with van der Waals surface area (Å²) in [5.41, 5.74) is 5.71. The zero-order chi connectivity index (χ0) is 16.4. The topological polar surface area (TPSA) is 49.1 Å². The number of hydrogen-bond donors (Lipinski definition) is 0. The Bertz CT molecular complexity index is 1150. The summed E-state index contributed by atoms with van der Waals surface area (Å²) in [7, 11) is 3.40. The van der Waals surface area contributed by atoms with Gasteiger partial charge in [0.05, 0.1) is 24.9 Å². The van der Waals surface area contributed by atoms with Crippen LogP contribution in [0.25, 0.3) is 33.2 Å². The fourth-order valence-corrected chi connectivity index (χ4v) is 3.81. The monoisotopic (exact) mass is 317 g/mol. The van der Waals surface area contributed by atoms with E-state index in [9.17, 15) is 4.79 Å². The average molecular weight is 317 g/mol. The molecule has 24 heavy (non-hydrogen) atoms. The summed E-state index contributed by atoms with van der Waals surface area (Å²) in [6, 6.07) is 12.2. The Morgan fingerprint density at radius 2 is 2.04 bits per heavy atom. The van der Waals surface area contributed by atoms with Gasteiger partial charge < -0.3 is 13.9 Å². The third-order valence-electron chi connectivity index (χ3n) is 4.85. The lowest BCUT2D eigenvalue weighted by atomic mass is 10.1. The van der Waals surface area contributed by atoms with E-state index in [1.165, 1.54) is 12.7 Å². The van der Waals surface area contributed by atoms with Crippen LogP contribution in [0.4, 0.5) is 0 Å². The predicted molar refractivity (Wildman–Crippen MR) is 92.1 cm³/mol. The number of aryl methyl sites for hydroxylation is 1. The molecule has 0 fully saturated rings. The molecule has 0 unspecified atom stereocenters. The third-order valence-corrected chi connectivity index (χ3v) is 4.85. The highest BCUT2D eigenvalue weighted by atomic mass is 16.5. The fraction of sp³-hybridized carbons (Fsp3) is 0.158. The summed E-state index contributed by atoms with van der Waals surface area (Å²) in [6.07, 6.45) is 2.04. The molecule has 0 atom stereocenters. The van der Waals surface area contributed by atoms with Crippen molar-refractivity contribution in [3.05, 3.63) is 53.9 Å². The van der Waals surface area contributed by atoms with E-state index in [1.807, 2.05) is 31.4 Å². The number of para-hydroxylation sites is 1. The molecule has 4 heterocycles. The molecule has 4 aromatic rings. The van der Waals surface area contributed by atoms with E-state index >= 15 is 0 Å². The Labute approximate surface area is 138 Å². The van der Waals surface area contributed by atoms with Gasteiger partial charge in [0.25, 0.3) is 0 Å². The lowest BCUT2D eigenvalue weighted by Crippen LogP contribution is -2.12. The van der Waals surface area contributed by atoms with Crippen LogP contribution < -0.4 is 0 Å². The summed E-state index contributed by atoms with van der Waals surface area (Å²) in [4.78, 5) is 16.8. The van der Waals surface area contributed by atoms with Crippen LogP contribution in [-0.4, -0.2) is 27.2 Å². The molecule has 5 heteroatoms. The van der Waals surface area contributed by atoms with E-state index in [0.29, 0.717) is 5.69 Å². The lowest BCUT2D eigenvalue weighted by Gasteiger charge is -2.18. The van der Waals surface area contributed by atoms with Crippen molar-refractivity contribution >= 4 is 27.8 Å². The van der Waals surface area contributed by atoms with Gasteiger partial charge in [-0.05, 0) is 23.8 Å². The van der Waals surface area contributed by atoms with Crippen molar-refractivity contribution in [2.24, 2.45) is 7.05 Å². The summed E-state index contributed by atoms with van der Waals surface area (Å²) < 4.78 is 9.26. The summed E-state index contributed by atoms with van der Waals surface area (Å²) in [5, 5.41) is 2.18. The maximum absolute atomic E-state index is 12.1. The second-order valence-corrected chi connectivity index (χ2v) is 6.15. The van der Waals surface area contributed by atoms with Crippen LogP contribution in [0.5, 0.6) is 0 Å². The van der Waals surface area contributed by atoms with Gasteiger partial charge in [-0.1, -0.05) is 18.2 Å².